The van der Waals surface area contributed by atoms with Crippen LogP contribution in [0.1, 0.15) is 39.2 Å². The van der Waals surface area contributed by atoms with Crippen LogP contribution in [-0.2, 0) is 16.1 Å². The van der Waals surface area contributed by atoms with Crippen LogP contribution in [0.5, 0.6) is 0 Å². The Balaban J connectivity index is 1.38. The fourth-order valence-electron chi connectivity index (χ4n) is 4.97. The van der Waals surface area contributed by atoms with Gasteiger partial charge in [-0.1, -0.05) is 35.5 Å². The number of morpholine rings is 1. The van der Waals surface area contributed by atoms with E-state index < -0.39 is 0 Å². The fourth-order valence-corrected chi connectivity index (χ4v) is 5.86. The Hall–Kier alpha value is -1.90. The predicted molar refractivity (Wildman–Crippen MR) is 128 cm³/mol. The summed E-state index contributed by atoms with van der Waals surface area (Å²) >= 11 is 1.50. The lowest BCUT2D eigenvalue weighted by molar-refractivity contribution is -0.130. The van der Waals surface area contributed by atoms with E-state index in [4.69, 9.17) is 4.74 Å². The van der Waals surface area contributed by atoms with Crippen LogP contribution in [0.25, 0.3) is 11.4 Å². The first-order valence-corrected chi connectivity index (χ1v) is 12.7. The van der Waals surface area contributed by atoms with Crippen LogP contribution in [0, 0.1) is 6.92 Å². The number of benzene rings is 1. The summed E-state index contributed by atoms with van der Waals surface area (Å²) in [5.74, 6) is 1.47. The second-order valence-corrected chi connectivity index (χ2v) is 10.0. The van der Waals surface area contributed by atoms with Gasteiger partial charge in [-0.2, -0.15) is 0 Å². The van der Waals surface area contributed by atoms with E-state index in [-0.39, 0.29) is 18.1 Å². The van der Waals surface area contributed by atoms with Crippen molar-refractivity contribution in [1.29, 1.82) is 0 Å². The van der Waals surface area contributed by atoms with E-state index in [1.807, 2.05) is 6.07 Å². The molecule has 0 bridgehead atoms. The van der Waals surface area contributed by atoms with Crippen LogP contribution < -0.4 is 0 Å². The van der Waals surface area contributed by atoms with Crippen molar-refractivity contribution >= 4 is 17.7 Å². The zero-order valence-corrected chi connectivity index (χ0v) is 20.5. The lowest BCUT2D eigenvalue weighted by atomic mass is 10.1. The van der Waals surface area contributed by atoms with Crippen molar-refractivity contribution in [2.24, 2.45) is 0 Å². The normalized spacial score (nSPS) is 24.2. The van der Waals surface area contributed by atoms with Gasteiger partial charge in [-0.05, 0) is 46.6 Å². The van der Waals surface area contributed by atoms with Crippen molar-refractivity contribution in [2.75, 3.05) is 31.9 Å². The summed E-state index contributed by atoms with van der Waals surface area (Å²) in [6.07, 6.45) is 2.67. The van der Waals surface area contributed by atoms with E-state index in [0.717, 1.165) is 62.1 Å². The number of carbonyl (C=O) groups is 1. The number of nitrogens with zero attached hydrogens (tertiary/aromatic N) is 5. The van der Waals surface area contributed by atoms with Gasteiger partial charge in [0.2, 0.25) is 5.91 Å². The quantitative estimate of drug-likeness (QED) is 0.594. The minimum absolute atomic E-state index is 0.203. The summed E-state index contributed by atoms with van der Waals surface area (Å²) in [7, 11) is 0. The van der Waals surface area contributed by atoms with E-state index in [1.165, 1.54) is 17.3 Å². The average Bonchev–Trinajstić information content (AvgIpc) is 3.38. The largest absolute Gasteiger partial charge is 0.373 e. The Morgan fingerprint density at radius 2 is 2.00 bits per heavy atom. The van der Waals surface area contributed by atoms with Gasteiger partial charge in [-0.25, -0.2) is 0 Å². The molecule has 4 rings (SSSR count). The monoisotopic (exact) mass is 457 g/mol. The number of carbonyl (C=O) groups excluding carboxylic acids is 1. The smallest absolute Gasteiger partial charge is 0.233 e. The number of ether oxygens (including phenoxy) is 1. The highest BCUT2D eigenvalue weighted by Crippen LogP contribution is 2.26. The molecule has 7 nitrogen and oxygen atoms in total. The molecule has 2 aromatic rings. The number of amides is 1. The van der Waals surface area contributed by atoms with Gasteiger partial charge in [0, 0.05) is 44.3 Å². The molecule has 2 saturated heterocycles. The minimum atomic E-state index is 0.203. The predicted octanol–water partition coefficient (Wildman–Crippen LogP) is 3.47. The first-order chi connectivity index (χ1) is 15.4. The van der Waals surface area contributed by atoms with Gasteiger partial charge in [-0.3, -0.25) is 9.69 Å². The molecule has 3 heterocycles. The molecule has 0 aliphatic carbocycles. The third kappa shape index (κ3) is 5.35. The zero-order valence-electron chi connectivity index (χ0n) is 19.7. The number of rotatable bonds is 7. The van der Waals surface area contributed by atoms with E-state index in [1.54, 1.807) is 0 Å². The molecule has 0 N–H and O–H groups in total. The first-order valence-electron chi connectivity index (χ1n) is 11.7. The standard InChI is InChI=1S/C24H35N5O2S/c1-5-28-23(20-9-6-8-17(2)12-20)25-26-24(28)32-16-22(30)29-11-7-10-21(29)15-27-13-18(3)31-19(4)14-27/h6,8-9,12,18-19,21H,5,7,10-11,13-16H2,1-4H3. The Kier molecular flexibility index (Phi) is 7.53. The fraction of sp³-hybridized carbons (Fsp3) is 0.625. The Bertz CT molecular complexity index is 923. The Labute approximate surface area is 195 Å². The molecule has 0 spiro atoms. The van der Waals surface area contributed by atoms with Crippen molar-refractivity contribution in [3.05, 3.63) is 29.8 Å². The molecule has 2 fully saturated rings. The third-order valence-corrected chi connectivity index (χ3v) is 7.25. The summed E-state index contributed by atoms with van der Waals surface area (Å²) in [6, 6.07) is 8.60. The number of aryl methyl sites for hydroxylation is 1. The molecule has 1 aromatic heterocycles. The van der Waals surface area contributed by atoms with Crippen molar-refractivity contribution in [3.8, 4) is 11.4 Å². The molecule has 1 aromatic carbocycles. The number of thioether (sulfide) groups is 1. The average molecular weight is 458 g/mol. The molecule has 0 saturated carbocycles. The van der Waals surface area contributed by atoms with Crippen LogP contribution in [0.4, 0.5) is 0 Å². The molecular weight excluding hydrogens is 422 g/mol. The van der Waals surface area contributed by atoms with Gasteiger partial charge in [0.05, 0.1) is 18.0 Å². The number of aromatic nitrogens is 3. The van der Waals surface area contributed by atoms with Gasteiger partial charge >= 0.3 is 0 Å². The van der Waals surface area contributed by atoms with Crippen LogP contribution in [0.2, 0.25) is 0 Å². The number of hydrogen-bond acceptors (Lipinski definition) is 6. The zero-order chi connectivity index (χ0) is 22.7. The Morgan fingerprint density at radius 1 is 1.22 bits per heavy atom. The second-order valence-electron chi connectivity index (χ2n) is 9.07. The highest BCUT2D eigenvalue weighted by atomic mass is 32.2. The summed E-state index contributed by atoms with van der Waals surface area (Å²) in [6.45, 7) is 12.9. The van der Waals surface area contributed by atoms with Gasteiger partial charge in [0.25, 0.3) is 0 Å². The molecule has 2 aliphatic heterocycles. The lowest BCUT2D eigenvalue weighted by Crippen LogP contribution is -2.51. The molecule has 1 amide bonds. The highest BCUT2D eigenvalue weighted by molar-refractivity contribution is 7.99. The summed E-state index contributed by atoms with van der Waals surface area (Å²) < 4.78 is 7.97. The van der Waals surface area contributed by atoms with Crippen molar-refractivity contribution < 1.29 is 9.53 Å². The summed E-state index contributed by atoms with van der Waals surface area (Å²) in [5.41, 5.74) is 2.26. The molecule has 3 atom stereocenters. The molecule has 174 valence electrons. The second kappa shape index (κ2) is 10.4. The van der Waals surface area contributed by atoms with Crippen molar-refractivity contribution in [1.82, 2.24) is 24.6 Å². The molecule has 3 unspecified atom stereocenters. The maximum Gasteiger partial charge on any atom is 0.233 e. The minimum Gasteiger partial charge on any atom is -0.373 e. The van der Waals surface area contributed by atoms with Gasteiger partial charge < -0.3 is 14.2 Å². The molecule has 2 aliphatic rings. The Morgan fingerprint density at radius 3 is 2.72 bits per heavy atom. The molecular formula is C24H35N5O2S. The van der Waals surface area contributed by atoms with E-state index in [0.29, 0.717) is 11.8 Å². The topological polar surface area (TPSA) is 63.5 Å². The molecule has 8 heteroatoms. The third-order valence-electron chi connectivity index (χ3n) is 6.30. The molecule has 0 radical (unpaired) electrons. The first kappa shape index (κ1) is 23.3. The van der Waals surface area contributed by atoms with E-state index >= 15 is 0 Å². The van der Waals surface area contributed by atoms with Crippen LogP contribution in [-0.4, -0.2) is 80.7 Å². The van der Waals surface area contributed by atoms with Gasteiger partial charge in [-0.15, -0.1) is 10.2 Å². The maximum absolute atomic E-state index is 13.1. The van der Waals surface area contributed by atoms with Crippen molar-refractivity contribution in [2.45, 2.75) is 70.5 Å². The van der Waals surface area contributed by atoms with Crippen LogP contribution >= 0.6 is 11.8 Å². The van der Waals surface area contributed by atoms with Gasteiger partial charge in [0.15, 0.2) is 11.0 Å². The summed E-state index contributed by atoms with van der Waals surface area (Å²) in [5, 5.41) is 9.64. The molecule has 32 heavy (non-hydrogen) atoms. The summed E-state index contributed by atoms with van der Waals surface area (Å²) in [4.78, 5) is 17.7. The maximum atomic E-state index is 13.1. The SMILES string of the molecule is CCn1c(SCC(=O)N2CCCC2CN2CC(C)OC(C)C2)nnc1-c1cccc(C)c1. The van der Waals surface area contributed by atoms with Crippen LogP contribution in [0.3, 0.4) is 0 Å². The van der Waals surface area contributed by atoms with Crippen LogP contribution in [0.15, 0.2) is 29.4 Å². The van der Waals surface area contributed by atoms with Gasteiger partial charge in [0.1, 0.15) is 0 Å². The van der Waals surface area contributed by atoms with E-state index in [9.17, 15) is 4.79 Å². The number of hydrogen-bond donors (Lipinski definition) is 0. The highest BCUT2D eigenvalue weighted by Gasteiger charge is 2.32. The number of likely N-dealkylation sites (tertiary alicyclic amines) is 1. The lowest BCUT2D eigenvalue weighted by Gasteiger charge is -2.38. The van der Waals surface area contributed by atoms with Crippen molar-refractivity contribution in [3.63, 3.8) is 0 Å². The van der Waals surface area contributed by atoms with E-state index in [2.05, 4.69) is 70.5 Å².